The molecule has 0 fully saturated rings. The summed E-state index contributed by atoms with van der Waals surface area (Å²) in [4.78, 5) is 4.62. The van der Waals surface area contributed by atoms with Gasteiger partial charge in [-0.3, -0.25) is 4.98 Å². The van der Waals surface area contributed by atoms with E-state index in [2.05, 4.69) is 110 Å². The molecule has 7 rings (SSSR count). The lowest BCUT2D eigenvalue weighted by atomic mass is 9.81. The van der Waals surface area contributed by atoms with Crippen LogP contribution in [0.4, 0.5) is 0 Å². The van der Waals surface area contributed by atoms with E-state index in [0.29, 0.717) is 0 Å². The first-order chi connectivity index (χ1) is 16.1. The molecule has 5 aromatic carbocycles. The largest absolute Gasteiger partial charge is 0.256 e. The molecule has 1 heterocycles. The van der Waals surface area contributed by atoms with E-state index >= 15 is 0 Å². The van der Waals surface area contributed by atoms with Gasteiger partial charge in [-0.05, 0) is 85.3 Å². The maximum Gasteiger partial charge on any atom is 0.0705 e. The molecule has 1 aliphatic carbocycles. The van der Waals surface area contributed by atoms with Gasteiger partial charge in [0, 0.05) is 17.0 Å². The van der Waals surface area contributed by atoms with Crippen LogP contribution in [-0.4, -0.2) is 4.98 Å². The molecule has 0 N–H and O–H groups in total. The molecule has 0 spiro atoms. The number of nitrogens with zero attached hydrogens (tertiary/aromatic N) is 1. The van der Waals surface area contributed by atoms with Gasteiger partial charge in [-0.2, -0.15) is 0 Å². The second kappa shape index (κ2) is 6.52. The maximum absolute atomic E-state index is 4.62. The Hall–Kier alpha value is -3.97. The van der Waals surface area contributed by atoms with E-state index in [4.69, 9.17) is 0 Å². The molecule has 6 aromatic rings. The minimum absolute atomic E-state index is 0.0704. The second-order valence-corrected chi connectivity index (χ2v) is 9.67. The lowest BCUT2D eigenvalue weighted by Crippen LogP contribution is -2.15. The van der Waals surface area contributed by atoms with Gasteiger partial charge in [0.15, 0.2) is 0 Å². The highest BCUT2D eigenvalue weighted by molar-refractivity contribution is 6.13. The topological polar surface area (TPSA) is 12.9 Å². The fraction of sp³-hybridized carbons (Fsp3) is 0.0938. The molecule has 1 aliphatic rings. The molecule has 0 radical (unpaired) electrons. The van der Waals surface area contributed by atoms with Crippen LogP contribution in [0.1, 0.15) is 25.0 Å². The van der Waals surface area contributed by atoms with Crippen molar-refractivity contribution in [3.63, 3.8) is 0 Å². The number of aromatic nitrogens is 1. The van der Waals surface area contributed by atoms with Crippen molar-refractivity contribution in [1.82, 2.24) is 4.98 Å². The summed E-state index contributed by atoms with van der Waals surface area (Å²) >= 11 is 0. The second-order valence-electron chi connectivity index (χ2n) is 9.67. The molecule has 0 bridgehead atoms. The summed E-state index contributed by atoms with van der Waals surface area (Å²) in [6.45, 7) is 4.68. The quantitative estimate of drug-likeness (QED) is 0.242. The van der Waals surface area contributed by atoms with E-state index in [1.165, 1.54) is 60.3 Å². The predicted molar refractivity (Wildman–Crippen MR) is 140 cm³/mol. The first-order valence-electron chi connectivity index (χ1n) is 11.6. The number of hydrogen-bond donors (Lipinski definition) is 0. The smallest absolute Gasteiger partial charge is 0.0705 e. The van der Waals surface area contributed by atoms with Crippen LogP contribution in [0.25, 0.3) is 54.7 Å². The highest BCUT2D eigenvalue weighted by Gasteiger charge is 2.36. The van der Waals surface area contributed by atoms with Crippen LogP contribution in [0, 0.1) is 0 Å². The van der Waals surface area contributed by atoms with Crippen LogP contribution >= 0.6 is 0 Å². The third-order valence-corrected chi connectivity index (χ3v) is 7.48. The molecule has 0 aliphatic heterocycles. The number of pyridine rings is 1. The van der Waals surface area contributed by atoms with Crippen molar-refractivity contribution >= 4 is 32.4 Å². The summed E-state index contributed by atoms with van der Waals surface area (Å²) in [5.41, 5.74) is 9.01. The molecular weight excluding hydrogens is 398 g/mol. The predicted octanol–water partition coefficient (Wildman–Crippen LogP) is 8.51. The van der Waals surface area contributed by atoms with Crippen molar-refractivity contribution in [2.45, 2.75) is 19.3 Å². The summed E-state index contributed by atoms with van der Waals surface area (Å²) in [5, 5.41) is 6.41. The molecule has 0 atom stereocenters. The Kier molecular flexibility index (Phi) is 3.67. The van der Waals surface area contributed by atoms with Gasteiger partial charge >= 0.3 is 0 Å². The number of benzene rings is 5. The lowest BCUT2D eigenvalue weighted by Gasteiger charge is -2.22. The van der Waals surface area contributed by atoms with Crippen LogP contribution in [0.15, 0.2) is 103 Å². The van der Waals surface area contributed by atoms with E-state index in [1.807, 2.05) is 12.3 Å². The average Bonchev–Trinajstić information content (AvgIpc) is 3.08. The standard InChI is InChI=1S/C32H23N/c1-32(2)29-18-21(13-14-26(29)28-17-22-9-7-15-33-31(22)19-30(28)32)27-16-20-8-3-4-10-23(20)24-11-5-6-12-25(24)27/h3-19H,1-2H3. The van der Waals surface area contributed by atoms with E-state index in [1.54, 1.807) is 0 Å². The zero-order valence-electron chi connectivity index (χ0n) is 18.8. The zero-order valence-corrected chi connectivity index (χ0v) is 18.8. The van der Waals surface area contributed by atoms with E-state index in [9.17, 15) is 0 Å². The Balaban J connectivity index is 1.49. The van der Waals surface area contributed by atoms with Crippen LogP contribution in [0.3, 0.4) is 0 Å². The van der Waals surface area contributed by atoms with Gasteiger partial charge in [0.25, 0.3) is 0 Å². The number of hydrogen-bond acceptors (Lipinski definition) is 1. The van der Waals surface area contributed by atoms with Crippen molar-refractivity contribution in [3.8, 4) is 22.3 Å². The highest BCUT2D eigenvalue weighted by Crippen LogP contribution is 2.51. The van der Waals surface area contributed by atoms with Crippen molar-refractivity contribution < 1.29 is 0 Å². The minimum Gasteiger partial charge on any atom is -0.256 e. The third kappa shape index (κ3) is 2.57. The van der Waals surface area contributed by atoms with Crippen molar-refractivity contribution in [1.29, 1.82) is 0 Å². The Bertz CT molecular complexity index is 1740. The molecular formula is C32H23N. The summed E-state index contributed by atoms with van der Waals surface area (Å²) in [6.07, 6.45) is 1.88. The zero-order chi connectivity index (χ0) is 22.2. The van der Waals surface area contributed by atoms with Gasteiger partial charge in [0.1, 0.15) is 0 Å². The van der Waals surface area contributed by atoms with Crippen molar-refractivity contribution in [2.24, 2.45) is 0 Å². The van der Waals surface area contributed by atoms with Crippen LogP contribution < -0.4 is 0 Å². The maximum atomic E-state index is 4.62. The molecule has 0 unspecified atom stereocenters. The third-order valence-electron chi connectivity index (χ3n) is 7.48. The average molecular weight is 422 g/mol. The summed E-state index contributed by atoms with van der Waals surface area (Å²) < 4.78 is 0. The Labute approximate surface area is 193 Å². The molecule has 0 saturated heterocycles. The molecule has 156 valence electrons. The van der Waals surface area contributed by atoms with E-state index in [-0.39, 0.29) is 5.41 Å². The first kappa shape index (κ1) is 18.6. The first-order valence-corrected chi connectivity index (χ1v) is 11.6. The Morgan fingerprint density at radius 2 is 1.24 bits per heavy atom. The van der Waals surface area contributed by atoms with Crippen LogP contribution in [-0.2, 0) is 5.41 Å². The lowest BCUT2D eigenvalue weighted by molar-refractivity contribution is 0.661. The normalized spacial score (nSPS) is 14.0. The fourth-order valence-corrected chi connectivity index (χ4v) is 5.76. The monoisotopic (exact) mass is 421 g/mol. The van der Waals surface area contributed by atoms with Crippen LogP contribution in [0.2, 0.25) is 0 Å². The van der Waals surface area contributed by atoms with Crippen molar-refractivity contribution in [3.05, 3.63) is 114 Å². The molecule has 0 saturated carbocycles. The van der Waals surface area contributed by atoms with E-state index < -0.39 is 0 Å². The van der Waals surface area contributed by atoms with Crippen molar-refractivity contribution in [2.75, 3.05) is 0 Å². The van der Waals surface area contributed by atoms with Gasteiger partial charge in [0.2, 0.25) is 0 Å². The Morgan fingerprint density at radius 3 is 2.12 bits per heavy atom. The van der Waals surface area contributed by atoms with Crippen LogP contribution in [0.5, 0.6) is 0 Å². The molecule has 0 amide bonds. The number of rotatable bonds is 1. The molecule has 1 heteroatoms. The van der Waals surface area contributed by atoms with Gasteiger partial charge in [-0.25, -0.2) is 0 Å². The molecule has 33 heavy (non-hydrogen) atoms. The molecule has 1 aromatic heterocycles. The van der Waals surface area contributed by atoms with Gasteiger partial charge in [-0.15, -0.1) is 0 Å². The summed E-state index contributed by atoms with van der Waals surface area (Å²) in [7, 11) is 0. The minimum atomic E-state index is -0.0704. The summed E-state index contributed by atoms with van der Waals surface area (Å²) in [5.74, 6) is 0. The SMILES string of the molecule is CC1(C)c2cc(-c3cc4ccccc4c4ccccc34)ccc2-c2cc3cccnc3cc21. The van der Waals surface area contributed by atoms with E-state index in [0.717, 1.165) is 5.52 Å². The highest BCUT2D eigenvalue weighted by atomic mass is 14.6. The Morgan fingerprint density at radius 1 is 0.545 bits per heavy atom. The van der Waals surface area contributed by atoms with Gasteiger partial charge in [-0.1, -0.05) is 80.6 Å². The summed E-state index contributed by atoms with van der Waals surface area (Å²) in [6, 6.07) is 35.7. The number of fused-ring (bicyclic) bond motifs is 7. The fourth-order valence-electron chi connectivity index (χ4n) is 5.76. The van der Waals surface area contributed by atoms with Gasteiger partial charge < -0.3 is 0 Å². The van der Waals surface area contributed by atoms with Gasteiger partial charge in [0.05, 0.1) is 5.52 Å². The molecule has 1 nitrogen and oxygen atoms in total.